The fraction of sp³-hybridized carbons (Fsp3) is 0.471. The van der Waals surface area contributed by atoms with Gasteiger partial charge in [0.25, 0.3) is 0 Å². The molecular weight excluding hydrogens is 281 g/mol. The molecule has 0 fully saturated rings. The molecule has 0 bridgehead atoms. The molecule has 5 heteroatoms. The lowest BCUT2D eigenvalue weighted by Gasteiger charge is -2.15. The van der Waals surface area contributed by atoms with Crippen LogP contribution in [0.25, 0.3) is 5.69 Å². The number of nitrogens with one attached hydrogen (secondary N) is 1. The van der Waals surface area contributed by atoms with Crippen molar-refractivity contribution in [2.45, 2.75) is 40.3 Å². The van der Waals surface area contributed by atoms with Crippen LogP contribution in [0.3, 0.4) is 0 Å². The van der Waals surface area contributed by atoms with E-state index >= 15 is 0 Å². The highest BCUT2D eigenvalue weighted by Crippen LogP contribution is 2.18. The third-order valence-corrected chi connectivity index (χ3v) is 3.94. The Balaban J connectivity index is 2.12. The molecule has 1 aromatic heterocycles. The van der Waals surface area contributed by atoms with Gasteiger partial charge in [-0.05, 0) is 44.0 Å². The summed E-state index contributed by atoms with van der Waals surface area (Å²) in [7, 11) is 0. The van der Waals surface area contributed by atoms with Crippen molar-refractivity contribution in [3.63, 3.8) is 0 Å². The van der Waals surface area contributed by atoms with Gasteiger partial charge in [0, 0.05) is 24.3 Å². The summed E-state index contributed by atoms with van der Waals surface area (Å²) in [5.74, 6) is -0.0218. The molecule has 2 N–H and O–H groups in total. The highest BCUT2D eigenvalue weighted by molar-refractivity contribution is 5.37. The van der Waals surface area contributed by atoms with Gasteiger partial charge >= 0.3 is 0 Å². The Morgan fingerprint density at radius 3 is 2.45 bits per heavy atom. The predicted molar refractivity (Wildman–Crippen MR) is 85.5 cm³/mol. The molecular formula is C17H24FN3O. The van der Waals surface area contributed by atoms with Gasteiger partial charge in [-0.1, -0.05) is 13.8 Å². The first kappa shape index (κ1) is 16.6. The van der Waals surface area contributed by atoms with Crippen LogP contribution in [0.15, 0.2) is 24.3 Å². The number of aliphatic hydroxyl groups excluding tert-OH is 1. The molecule has 1 unspecified atom stereocenters. The number of aryl methyl sites for hydroxylation is 1. The van der Waals surface area contributed by atoms with Gasteiger partial charge in [-0.15, -0.1) is 0 Å². The summed E-state index contributed by atoms with van der Waals surface area (Å²) in [4.78, 5) is 0. The van der Waals surface area contributed by atoms with Gasteiger partial charge < -0.3 is 10.4 Å². The first-order valence-corrected chi connectivity index (χ1v) is 7.60. The van der Waals surface area contributed by atoms with Crippen molar-refractivity contribution >= 4 is 0 Å². The van der Waals surface area contributed by atoms with Crippen LogP contribution in [-0.4, -0.2) is 27.5 Å². The number of hydrogen-bond donors (Lipinski definition) is 2. The minimum atomic E-state index is -0.354. The van der Waals surface area contributed by atoms with Crippen LogP contribution in [0.5, 0.6) is 0 Å². The standard InChI is InChI=1S/C17H24FN3O/c1-11(2)17(22)10-19-9-16-12(3)20-21(13(16)4)15-7-5-14(18)6-8-15/h5-8,11,17,19,22H,9-10H2,1-4H3. The van der Waals surface area contributed by atoms with Crippen molar-refractivity contribution in [1.29, 1.82) is 0 Å². The molecule has 4 nitrogen and oxygen atoms in total. The van der Waals surface area contributed by atoms with Crippen molar-refractivity contribution in [2.75, 3.05) is 6.54 Å². The Bertz CT molecular complexity index is 620. The van der Waals surface area contributed by atoms with E-state index in [9.17, 15) is 9.50 Å². The summed E-state index contributed by atoms with van der Waals surface area (Å²) in [6, 6.07) is 6.30. The molecule has 0 aliphatic rings. The Morgan fingerprint density at radius 2 is 1.86 bits per heavy atom. The molecule has 120 valence electrons. The van der Waals surface area contributed by atoms with Crippen molar-refractivity contribution < 1.29 is 9.50 Å². The van der Waals surface area contributed by atoms with E-state index in [0.717, 1.165) is 22.6 Å². The SMILES string of the molecule is Cc1nn(-c2ccc(F)cc2)c(C)c1CNCC(O)C(C)C. The van der Waals surface area contributed by atoms with E-state index in [1.54, 1.807) is 12.1 Å². The molecule has 1 atom stereocenters. The molecule has 1 heterocycles. The van der Waals surface area contributed by atoms with E-state index in [1.807, 2.05) is 32.4 Å². The van der Waals surface area contributed by atoms with Crippen LogP contribution in [0.4, 0.5) is 4.39 Å². The maximum absolute atomic E-state index is 13.0. The fourth-order valence-electron chi connectivity index (χ4n) is 2.35. The van der Waals surface area contributed by atoms with Crippen LogP contribution in [0, 0.1) is 25.6 Å². The lowest BCUT2D eigenvalue weighted by molar-refractivity contribution is 0.123. The number of rotatable bonds is 6. The van der Waals surface area contributed by atoms with Crippen molar-refractivity contribution in [3.8, 4) is 5.69 Å². The summed E-state index contributed by atoms with van der Waals surface area (Å²) in [5.41, 5.74) is 3.92. The van der Waals surface area contributed by atoms with Gasteiger partial charge in [0.2, 0.25) is 0 Å². The molecule has 0 aliphatic heterocycles. The number of hydrogen-bond acceptors (Lipinski definition) is 3. The van der Waals surface area contributed by atoms with E-state index < -0.39 is 0 Å². The van der Waals surface area contributed by atoms with E-state index in [4.69, 9.17) is 0 Å². The molecule has 0 aliphatic carbocycles. The molecule has 0 spiro atoms. The summed E-state index contributed by atoms with van der Waals surface area (Å²) < 4.78 is 14.9. The lowest BCUT2D eigenvalue weighted by Crippen LogP contribution is -2.30. The van der Waals surface area contributed by atoms with Crippen LogP contribution in [-0.2, 0) is 6.54 Å². The van der Waals surface area contributed by atoms with Crippen molar-refractivity contribution in [3.05, 3.63) is 47.0 Å². The molecule has 2 aromatic rings. The quantitative estimate of drug-likeness (QED) is 0.863. The van der Waals surface area contributed by atoms with Crippen LogP contribution in [0.1, 0.15) is 30.8 Å². The number of aromatic nitrogens is 2. The molecule has 0 amide bonds. The Labute approximate surface area is 131 Å². The number of aliphatic hydroxyl groups is 1. The third-order valence-electron chi connectivity index (χ3n) is 3.94. The summed E-state index contributed by atoms with van der Waals surface area (Å²) in [6.07, 6.45) is -0.354. The zero-order valence-electron chi connectivity index (χ0n) is 13.6. The largest absolute Gasteiger partial charge is 0.392 e. The lowest BCUT2D eigenvalue weighted by atomic mass is 10.1. The van der Waals surface area contributed by atoms with Gasteiger partial charge in [0.15, 0.2) is 0 Å². The average molecular weight is 305 g/mol. The first-order valence-electron chi connectivity index (χ1n) is 7.60. The zero-order chi connectivity index (χ0) is 16.3. The van der Waals surface area contributed by atoms with E-state index in [1.165, 1.54) is 12.1 Å². The van der Waals surface area contributed by atoms with Gasteiger partial charge in [0.05, 0.1) is 17.5 Å². The smallest absolute Gasteiger partial charge is 0.123 e. The van der Waals surface area contributed by atoms with Crippen LogP contribution < -0.4 is 5.32 Å². The minimum Gasteiger partial charge on any atom is -0.392 e. The van der Waals surface area contributed by atoms with Gasteiger partial charge in [-0.3, -0.25) is 0 Å². The molecule has 0 radical (unpaired) electrons. The Hall–Kier alpha value is -1.72. The first-order chi connectivity index (χ1) is 10.4. The molecule has 0 saturated heterocycles. The Morgan fingerprint density at radius 1 is 1.23 bits per heavy atom. The number of halogens is 1. The average Bonchev–Trinajstić information content (AvgIpc) is 2.75. The van der Waals surface area contributed by atoms with Crippen LogP contribution >= 0.6 is 0 Å². The third kappa shape index (κ3) is 3.72. The van der Waals surface area contributed by atoms with Gasteiger partial charge in [0.1, 0.15) is 5.82 Å². The summed E-state index contributed by atoms with van der Waals surface area (Å²) >= 11 is 0. The van der Waals surface area contributed by atoms with E-state index in [-0.39, 0.29) is 17.8 Å². The summed E-state index contributed by atoms with van der Waals surface area (Å²) in [6.45, 7) is 9.16. The number of nitrogens with zero attached hydrogens (tertiary/aromatic N) is 2. The predicted octanol–water partition coefficient (Wildman–Crippen LogP) is 2.73. The number of benzene rings is 1. The second-order valence-corrected chi connectivity index (χ2v) is 5.98. The van der Waals surface area contributed by atoms with Gasteiger partial charge in [-0.2, -0.15) is 5.10 Å². The van der Waals surface area contributed by atoms with Crippen molar-refractivity contribution in [2.24, 2.45) is 5.92 Å². The highest BCUT2D eigenvalue weighted by Gasteiger charge is 2.14. The minimum absolute atomic E-state index is 0.233. The maximum Gasteiger partial charge on any atom is 0.123 e. The zero-order valence-corrected chi connectivity index (χ0v) is 13.6. The molecule has 1 aromatic carbocycles. The second-order valence-electron chi connectivity index (χ2n) is 5.98. The normalized spacial score (nSPS) is 12.9. The molecule has 0 saturated carbocycles. The second kappa shape index (κ2) is 7.03. The topological polar surface area (TPSA) is 50.1 Å². The highest BCUT2D eigenvalue weighted by atomic mass is 19.1. The molecule has 2 rings (SSSR count). The van der Waals surface area contributed by atoms with Crippen molar-refractivity contribution in [1.82, 2.24) is 15.1 Å². The summed E-state index contributed by atoms with van der Waals surface area (Å²) in [5, 5.41) is 17.6. The van der Waals surface area contributed by atoms with Gasteiger partial charge in [-0.25, -0.2) is 9.07 Å². The fourth-order valence-corrected chi connectivity index (χ4v) is 2.35. The Kier molecular flexibility index (Phi) is 5.32. The monoisotopic (exact) mass is 305 g/mol. The molecule has 22 heavy (non-hydrogen) atoms. The maximum atomic E-state index is 13.0. The van der Waals surface area contributed by atoms with E-state index in [0.29, 0.717) is 13.1 Å². The van der Waals surface area contributed by atoms with E-state index in [2.05, 4.69) is 10.4 Å². The van der Waals surface area contributed by atoms with Crippen LogP contribution in [0.2, 0.25) is 0 Å².